The summed E-state index contributed by atoms with van der Waals surface area (Å²) in [6, 6.07) is 20.6. The topological polar surface area (TPSA) is 28.6 Å². The lowest BCUT2D eigenvalue weighted by Crippen LogP contribution is -2.86. The molecule has 2 aromatic rings. The molecule has 2 rings (SSSR count). The van der Waals surface area contributed by atoms with Crippen LogP contribution in [0.2, 0.25) is 0 Å². The minimum Gasteiger partial charge on any atom is -0.242 e. The van der Waals surface area contributed by atoms with E-state index in [1.54, 1.807) is 0 Å². The van der Waals surface area contributed by atoms with Crippen molar-refractivity contribution in [3.05, 3.63) is 66.2 Å². The Hall–Kier alpha value is -1.80. The van der Waals surface area contributed by atoms with Crippen LogP contribution in [0, 0.1) is 0 Å². The van der Waals surface area contributed by atoms with Crippen LogP contribution in [0.3, 0.4) is 0 Å². The van der Waals surface area contributed by atoms with E-state index in [-0.39, 0.29) is 0 Å². The summed E-state index contributed by atoms with van der Waals surface area (Å²) in [5, 5.41) is 0. The molecule has 0 bridgehead atoms. The van der Waals surface area contributed by atoms with Crippen molar-refractivity contribution in [1.29, 1.82) is 0 Å². The Kier molecular flexibility index (Phi) is 3.36. The fraction of sp³-hybridized carbons (Fsp3) is 0.0769. The van der Waals surface area contributed by atoms with E-state index in [1.807, 2.05) is 24.3 Å². The summed E-state index contributed by atoms with van der Waals surface area (Å²) >= 11 is 0. The van der Waals surface area contributed by atoms with Crippen LogP contribution in [0.25, 0.3) is 0 Å². The van der Waals surface area contributed by atoms with Gasteiger partial charge in [0.15, 0.2) is 0 Å². The van der Waals surface area contributed by atoms with Crippen molar-refractivity contribution < 1.29 is 5.43 Å². The highest BCUT2D eigenvalue weighted by Gasteiger charge is 1.93. The number of nitrogens with one attached hydrogen (secondary N) is 1. The van der Waals surface area contributed by atoms with Crippen LogP contribution in [0.1, 0.15) is 5.56 Å². The standard InChI is InChI=1S/C13H14N2/c1-3-7-12(8-4-1)11-14-15-13-9-5-2-6-10-13/h1-10,14-15H,11H2/p+1. The molecule has 0 fully saturated rings. The van der Waals surface area contributed by atoms with Crippen molar-refractivity contribution in [2.75, 3.05) is 5.43 Å². The molecule has 0 aliphatic heterocycles. The second-order valence-electron chi connectivity index (χ2n) is 3.40. The number of para-hydroxylation sites is 1. The molecular weight excluding hydrogens is 184 g/mol. The molecule has 15 heavy (non-hydrogen) atoms. The lowest BCUT2D eigenvalue weighted by molar-refractivity contribution is -0.642. The zero-order valence-electron chi connectivity index (χ0n) is 8.56. The van der Waals surface area contributed by atoms with Gasteiger partial charge in [-0.15, -0.1) is 0 Å². The lowest BCUT2D eigenvalue weighted by atomic mass is 10.2. The normalized spacial score (nSPS) is 9.87. The summed E-state index contributed by atoms with van der Waals surface area (Å²) < 4.78 is 0. The van der Waals surface area contributed by atoms with Gasteiger partial charge in [-0.2, -0.15) is 0 Å². The fourth-order valence-electron chi connectivity index (χ4n) is 1.44. The average molecular weight is 199 g/mol. The first-order chi connectivity index (χ1) is 7.45. The van der Waals surface area contributed by atoms with Crippen LogP contribution in [-0.2, 0) is 6.54 Å². The molecule has 3 N–H and O–H groups in total. The van der Waals surface area contributed by atoms with Gasteiger partial charge < -0.3 is 0 Å². The van der Waals surface area contributed by atoms with Crippen molar-refractivity contribution in [3.63, 3.8) is 0 Å². The number of hydrogen-bond acceptors (Lipinski definition) is 1. The van der Waals surface area contributed by atoms with Crippen molar-refractivity contribution in [1.82, 2.24) is 0 Å². The largest absolute Gasteiger partial charge is 0.242 e. The van der Waals surface area contributed by atoms with Gasteiger partial charge in [-0.1, -0.05) is 48.5 Å². The lowest BCUT2D eigenvalue weighted by Gasteiger charge is -2.04. The summed E-state index contributed by atoms with van der Waals surface area (Å²) in [7, 11) is 0. The van der Waals surface area contributed by atoms with Gasteiger partial charge in [0.1, 0.15) is 6.54 Å². The number of quaternary nitrogens is 1. The quantitative estimate of drug-likeness (QED) is 0.570. The van der Waals surface area contributed by atoms with Crippen LogP contribution in [0.15, 0.2) is 60.7 Å². The molecule has 0 saturated heterocycles. The Morgan fingerprint density at radius 3 is 2.07 bits per heavy atom. The van der Waals surface area contributed by atoms with Crippen LogP contribution < -0.4 is 10.9 Å². The molecule has 2 aromatic carbocycles. The average Bonchev–Trinajstić information content (AvgIpc) is 2.32. The van der Waals surface area contributed by atoms with E-state index in [9.17, 15) is 0 Å². The Balaban J connectivity index is 1.81. The first-order valence-corrected chi connectivity index (χ1v) is 5.12. The minimum absolute atomic E-state index is 0.940. The number of benzene rings is 2. The molecule has 76 valence electrons. The van der Waals surface area contributed by atoms with Gasteiger partial charge >= 0.3 is 0 Å². The number of nitrogens with two attached hydrogens (primary N) is 1. The highest BCUT2D eigenvalue weighted by Crippen LogP contribution is 2.01. The Bertz CT molecular complexity index is 344. The highest BCUT2D eigenvalue weighted by atomic mass is 15.3. The van der Waals surface area contributed by atoms with E-state index in [0.29, 0.717) is 0 Å². The van der Waals surface area contributed by atoms with Crippen LogP contribution in [0.4, 0.5) is 5.69 Å². The maximum Gasteiger partial charge on any atom is 0.123 e. The van der Waals surface area contributed by atoms with E-state index < -0.39 is 0 Å². The number of nitrogen functional groups attached to an aromatic ring is 1. The molecule has 2 nitrogen and oxygen atoms in total. The van der Waals surface area contributed by atoms with Gasteiger partial charge in [0.05, 0.1) is 5.69 Å². The van der Waals surface area contributed by atoms with Gasteiger partial charge in [-0.25, -0.2) is 10.9 Å². The predicted molar refractivity (Wildman–Crippen MR) is 62.1 cm³/mol. The third kappa shape index (κ3) is 3.11. The molecule has 0 heterocycles. The predicted octanol–water partition coefficient (Wildman–Crippen LogP) is 1.78. The van der Waals surface area contributed by atoms with Gasteiger partial charge in [0.2, 0.25) is 0 Å². The molecule has 0 aliphatic carbocycles. The molecule has 0 aliphatic rings. The Labute approximate surface area is 89.9 Å². The van der Waals surface area contributed by atoms with Crippen LogP contribution >= 0.6 is 0 Å². The summed E-state index contributed by atoms with van der Waals surface area (Å²) in [4.78, 5) is 0. The van der Waals surface area contributed by atoms with Crippen molar-refractivity contribution >= 4 is 5.69 Å². The summed E-state index contributed by atoms with van der Waals surface area (Å²) in [5.74, 6) is 0. The minimum atomic E-state index is 0.940. The number of rotatable bonds is 4. The summed E-state index contributed by atoms with van der Waals surface area (Å²) in [6.45, 7) is 0.940. The van der Waals surface area contributed by atoms with Gasteiger partial charge in [0.25, 0.3) is 0 Å². The smallest absolute Gasteiger partial charge is 0.123 e. The molecule has 0 amide bonds. The van der Waals surface area contributed by atoms with Gasteiger partial charge in [-0.3, -0.25) is 0 Å². The molecule has 0 atom stereocenters. The molecule has 0 saturated carbocycles. The van der Waals surface area contributed by atoms with Gasteiger partial charge in [-0.05, 0) is 12.1 Å². The first-order valence-electron chi connectivity index (χ1n) is 5.12. The molecule has 0 spiro atoms. The van der Waals surface area contributed by atoms with Crippen molar-refractivity contribution in [2.45, 2.75) is 6.54 Å². The monoisotopic (exact) mass is 199 g/mol. The third-order valence-corrected chi connectivity index (χ3v) is 2.22. The van der Waals surface area contributed by atoms with Gasteiger partial charge in [0, 0.05) is 5.56 Å². The molecule has 0 radical (unpaired) electrons. The fourth-order valence-corrected chi connectivity index (χ4v) is 1.44. The van der Waals surface area contributed by atoms with E-state index in [1.165, 1.54) is 5.56 Å². The number of anilines is 1. The Morgan fingerprint density at radius 2 is 1.40 bits per heavy atom. The van der Waals surface area contributed by atoms with E-state index >= 15 is 0 Å². The summed E-state index contributed by atoms with van der Waals surface area (Å²) in [5.41, 5.74) is 7.80. The van der Waals surface area contributed by atoms with E-state index in [2.05, 4.69) is 47.2 Å². The Morgan fingerprint density at radius 1 is 0.800 bits per heavy atom. The first kappa shape index (κ1) is 9.74. The highest BCUT2D eigenvalue weighted by molar-refractivity contribution is 5.39. The third-order valence-electron chi connectivity index (χ3n) is 2.22. The molecule has 0 unspecified atom stereocenters. The zero-order chi connectivity index (χ0) is 10.3. The maximum atomic E-state index is 3.27. The second-order valence-corrected chi connectivity index (χ2v) is 3.40. The SMILES string of the molecule is c1ccc(C[NH2+]Nc2ccccc2)cc1. The molecule has 0 aromatic heterocycles. The van der Waals surface area contributed by atoms with Crippen LogP contribution in [-0.4, -0.2) is 0 Å². The summed E-state index contributed by atoms with van der Waals surface area (Å²) in [6.07, 6.45) is 0. The van der Waals surface area contributed by atoms with E-state index in [0.717, 1.165) is 12.2 Å². The number of hydrogen-bond donors (Lipinski definition) is 2. The van der Waals surface area contributed by atoms with Crippen LogP contribution in [0.5, 0.6) is 0 Å². The second kappa shape index (κ2) is 5.17. The maximum absolute atomic E-state index is 3.27. The van der Waals surface area contributed by atoms with E-state index in [4.69, 9.17) is 0 Å². The molecule has 2 heteroatoms. The zero-order valence-corrected chi connectivity index (χ0v) is 8.56. The molecular formula is C13H15N2+. The van der Waals surface area contributed by atoms with Crippen molar-refractivity contribution in [3.8, 4) is 0 Å². The van der Waals surface area contributed by atoms with Crippen molar-refractivity contribution in [2.24, 2.45) is 0 Å².